The molecule has 0 aromatic heterocycles. The van der Waals surface area contributed by atoms with Crippen LogP contribution in [0.1, 0.15) is 33.1 Å². The topological polar surface area (TPSA) is 52.6 Å². The first-order chi connectivity index (χ1) is 9.12. The van der Waals surface area contributed by atoms with Crippen LogP contribution in [0.15, 0.2) is 0 Å². The van der Waals surface area contributed by atoms with Gasteiger partial charge in [-0.2, -0.15) is 21.6 Å². The third-order valence-corrected chi connectivity index (χ3v) is 4.51. The summed E-state index contributed by atoms with van der Waals surface area (Å²) >= 11 is 0. The normalized spacial score (nSPS) is 28.9. The van der Waals surface area contributed by atoms with Crippen LogP contribution in [0, 0.1) is 5.92 Å². The Kier molecular flexibility index (Phi) is 5.79. The summed E-state index contributed by atoms with van der Waals surface area (Å²) in [5.74, 6) is 0.0298. The summed E-state index contributed by atoms with van der Waals surface area (Å²) in [6.07, 6.45) is -2.83. The first kappa shape index (κ1) is 17.6. The van der Waals surface area contributed by atoms with Crippen LogP contribution < -0.4 is 0 Å². The van der Waals surface area contributed by atoms with Gasteiger partial charge < -0.3 is 4.74 Å². The largest absolute Gasteiger partial charge is 0.523 e. The van der Waals surface area contributed by atoms with Gasteiger partial charge in [0.05, 0.1) is 12.7 Å². The number of rotatable bonds is 5. The van der Waals surface area contributed by atoms with E-state index in [0.29, 0.717) is 12.8 Å². The molecule has 1 aliphatic heterocycles. The summed E-state index contributed by atoms with van der Waals surface area (Å²) in [6.45, 7) is 3.29. The van der Waals surface area contributed by atoms with Crippen molar-refractivity contribution in [3.8, 4) is 0 Å². The van der Waals surface area contributed by atoms with Crippen LogP contribution in [0.4, 0.5) is 17.6 Å². The predicted molar refractivity (Wildman–Crippen MR) is 63.2 cm³/mol. The van der Waals surface area contributed by atoms with E-state index in [1.807, 2.05) is 13.8 Å². The molecule has 4 nitrogen and oxygen atoms in total. The Labute approximate surface area is 115 Å². The number of hydrogen-bond donors (Lipinski definition) is 0. The molecule has 20 heavy (non-hydrogen) atoms. The van der Waals surface area contributed by atoms with Crippen LogP contribution in [0.2, 0.25) is 0 Å². The monoisotopic (exact) mass is 322 g/mol. The maximum atomic E-state index is 13.5. The predicted octanol–water partition coefficient (Wildman–Crippen LogP) is 2.78. The molecular formula is C11H18F4O4S. The first-order valence-corrected chi connectivity index (χ1v) is 7.78. The van der Waals surface area contributed by atoms with Gasteiger partial charge in [-0.1, -0.05) is 26.7 Å². The second-order valence-electron chi connectivity index (χ2n) is 4.73. The lowest BCUT2D eigenvalue weighted by Gasteiger charge is -2.35. The third-order valence-electron chi connectivity index (χ3n) is 3.45. The van der Waals surface area contributed by atoms with Gasteiger partial charge in [-0.3, -0.25) is 4.18 Å². The van der Waals surface area contributed by atoms with Crippen molar-refractivity contribution in [2.45, 2.75) is 57.0 Å². The highest BCUT2D eigenvalue weighted by atomic mass is 32.2. The van der Waals surface area contributed by atoms with E-state index in [9.17, 15) is 26.0 Å². The maximum absolute atomic E-state index is 13.5. The molecule has 120 valence electrons. The van der Waals surface area contributed by atoms with Crippen molar-refractivity contribution in [3.63, 3.8) is 0 Å². The highest BCUT2D eigenvalue weighted by molar-refractivity contribution is 7.87. The number of alkyl halides is 4. The van der Waals surface area contributed by atoms with Gasteiger partial charge in [-0.25, -0.2) is 4.39 Å². The number of halogens is 4. The molecule has 1 saturated heterocycles. The average Bonchev–Trinajstić information content (AvgIpc) is 2.33. The molecule has 1 rings (SSSR count). The van der Waals surface area contributed by atoms with E-state index in [2.05, 4.69) is 4.18 Å². The molecule has 0 radical (unpaired) electrons. The minimum atomic E-state index is -5.79. The molecule has 3 atom stereocenters. The Morgan fingerprint density at radius 2 is 1.85 bits per heavy atom. The first-order valence-electron chi connectivity index (χ1n) is 6.37. The minimum Gasteiger partial charge on any atom is -0.375 e. The van der Waals surface area contributed by atoms with Crippen molar-refractivity contribution in [3.05, 3.63) is 0 Å². The summed E-state index contributed by atoms with van der Waals surface area (Å²) in [6, 6.07) is 0. The maximum Gasteiger partial charge on any atom is 0.523 e. The molecule has 0 aromatic carbocycles. The molecular weight excluding hydrogens is 304 g/mol. The van der Waals surface area contributed by atoms with E-state index in [4.69, 9.17) is 4.74 Å². The van der Waals surface area contributed by atoms with Crippen molar-refractivity contribution >= 4 is 10.1 Å². The van der Waals surface area contributed by atoms with Crippen molar-refractivity contribution < 1.29 is 34.9 Å². The zero-order chi connectivity index (χ0) is 15.6. The fraction of sp³-hybridized carbons (Fsp3) is 1.00. The highest BCUT2D eigenvalue weighted by Gasteiger charge is 2.50. The molecule has 0 saturated carbocycles. The molecule has 0 spiro atoms. The smallest absolute Gasteiger partial charge is 0.375 e. The molecule has 0 amide bonds. The van der Waals surface area contributed by atoms with Gasteiger partial charge in [-0.15, -0.1) is 0 Å². The SMILES string of the molecule is CCC(CC)[C@@H]1C[C@H](OS(=O)(=O)C(F)(F)F)[C@H](F)CO1. The van der Waals surface area contributed by atoms with Crippen LogP contribution >= 0.6 is 0 Å². The van der Waals surface area contributed by atoms with E-state index in [0.717, 1.165) is 0 Å². The lowest BCUT2D eigenvalue weighted by molar-refractivity contribution is -0.113. The zero-order valence-corrected chi connectivity index (χ0v) is 12.0. The summed E-state index contributed by atoms with van der Waals surface area (Å²) in [5.41, 5.74) is -5.55. The van der Waals surface area contributed by atoms with E-state index in [1.54, 1.807) is 0 Å². The molecule has 0 N–H and O–H groups in total. The number of hydrogen-bond acceptors (Lipinski definition) is 4. The molecule has 0 aromatic rings. The molecule has 9 heteroatoms. The van der Waals surface area contributed by atoms with Crippen LogP contribution in [-0.4, -0.2) is 38.9 Å². The molecule has 1 fully saturated rings. The van der Waals surface area contributed by atoms with Gasteiger partial charge in [0.15, 0.2) is 6.17 Å². The summed E-state index contributed by atoms with van der Waals surface area (Å²) in [4.78, 5) is 0. The fourth-order valence-corrected chi connectivity index (χ4v) is 2.86. The molecule has 1 aliphatic rings. The van der Waals surface area contributed by atoms with Gasteiger partial charge in [-0.05, 0) is 5.92 Å². The van der Waals surface area contributed by atoms with Crippen molar-refractivity contribution in [2.75, 3.05) is 6.61 Å². The second-order valence-corrected chi connectivity index (χ2v) is 6.30. The average molecular weight is 322 g/mol. The Balaban J connectivity index is 2.78. The van der Waals surface area contributed by atoms with Crippen molar-refractivity contribution in [1.29, 1.82) is 0 Å². The summed E-state index contributed by atoms with van der Waals surface area (Å²) < 4.78 is 81.3. The van der Waals surface area contributed by atoms with Gasteiger partial charge >= 0.3 is 15.6 Å². The van der Waals surface area contributed by atoms with Gasteiger partial charge in [0.2, 0.25) is 0 Å². The molecule has 1 heterocycles. The van der Waals surface area contributed by atoms with Gasteiger partial charge in [0, 0.05) is 6.42 Å². The quantitative estimate of drug-likeness (QED) is 0.444. The molecule has 0 unspecified atom stereocenters. The lowest BCUT2D eigenvalue weighted by Crippen LogP contribution is -2.45. The third kappa shape index (κ3) is 4.05. The summed E-state index contributed by atoms with van der Waals surface area (Å²) in [5, 5.41) is 0. The molecule has 0 aliphatic carbocycles. The van der Waals surface area contributed by atoms with Crippen LogP contribution in [0.25, 0.3) is 0 Å². The van der Waals surface area contributed by atoms with Gasteiger partial charge in [0.25, 0.3) is 0 Å². The highest BCUT2D eigenvalue weighted by Crippen LogP contribution is 2.32. The van der Waals surface area contributed by atoms with Gasteiger partial charge in [0.1, 0.15) is 6.10 Å². The lowest BCUT2D eigenvalue weighted by atomic mass is 9.90. The standard InChI is InChI=1S/C11H18F4O4S/c1-3-7(4-2)9-5-10(8(12)6-18-9)19-20(16,17)11(13,14)15/h7-10H,3-6H2,1-2H3/t8-,9+,10+/m1/s1. The van der Waals surface area contributed by atoms with E-state index in [1.165, 1.54) is 0 Å². The van der Waals surface area contributed by atoms with Crippen molar-refractivity contribution in [1.82, 2.24) is 0 Å². The van der Waals surface area contributed by atoms with Crippen molar-refractivity contribution in [2.24, 2.45) is 5.92 Å². The fourth-order valence-electron chi connectivity index (χ4n) is 2.23. The Bertz CT molecular complexity index is 405. The Morgan fingerprint density at radius 3 is 2.30 bits per heavy atom. The second kappa shape index (κ2) is 6.57. The Morgan fingerprint density at radius 1 is 1.30 bits per heavy atom. The Hall–Kier alpha value is -0.410. The summed E-state index contributed by atoms with van der Waals surface area (Å²) in [7, 11) is -5.79. The minimum absolute atomic E-state index is 0.0298. The molecule has 0 bridgehead atoms. The van der Waals surface area contributed by atoms with E-state index < -0.39 is 40.6 Å². The van der Waals surface area contributed by atoms with E-state index >= 15 is 0 Å². The van der Waals surface area contributed by atoms with Crippen LogP contribution in [0.3, 0.4) is 0 Å². The van der Waals surface area contributed by atoms with E-state index in [-0.39, 0.29) is 12.3 Å². The number of ether oxygens (including phenoxy) is 1. The van der Waals surface area contributed by atoms with Crippen LogP contribution in [0.5, 0.6) is 0 Å². The van der Waals surface area contributed by atoms with Crippen LogP contribution in [-0.2, 0) is 19.0 Å². The zero-order valence-electron chi connectivity index (χ0n) is 11.2.